The van der Waals surface area contributed by atoms with E-state index in [1.165, 1.54) is 0 Å². The minimum Gasteiger partial charge on any atom is -0.417 e. The molecule has 0 bridgehead atoms. The molecule has 0 saturated heterocycles. The minimum absolute atomic E-state index is 0.0120. The normalized spacial score (nSPS) is 11.6. The lowest BCUT2D eigenvalue weighted by molar-refractivity contribution is -0.137. The third kappa shape index (κ3) is 3.39. The van der Waals surface area contributed by atoms with Crippen LogP contribution >= 0.6 is 11.6 Å². The van der Waals surface area contributed by atoms with Crippen molar-refractivity contribution in [2.24, 2.45) is 5.73 Å². The number of hydrogen-bond donors (Lipinski definition) is 1. The van der Waals surface area contributed by atoms with Gasteiger partial charge in [0.05, 0.1) is 11.3 Å². The van der Waals surface area contributed by atoms with Gasteiger partial charge in [-0.3, -0.25) is 0 Å². The first-order valence-electron chi connectivity index (χ1n) is 6.44. The average Bonchev–Trinajstić information content (AvgIpc) is 2.76. The molecule has 0 saturated carbocycles. The Labute approximate surface area is 134 Å². The molecule has 0 aliphatic rings. The molecule has 0 aliphatic heterocycles. The molecule has 0 atom stereocenters. The molecule has 0 fully saturated rings. The van der Waals surface area contributed by atoms with Gasteiger partial charge in [-0.05, 0) is 19.4 Å². The number of primary amides is 1. The zero-order valence-corrected chi connectivity index (χ0v) is 12.9. The number of nitrogens with two attached hydrogens (primary N) is 1. The lowest BCUT2D eigenvalue weighted by Crippen LogP contribution is -2.22. The maximum absolute atomic E-state index is 12.6. The summed E-state index contributed by atoms with van der Waals surface area (Å²) in [7, 11) is 0. The summed E-state index contributed by atoms with van der Waals surface area (Å²) in [5.41, 5.74) is 5.23. The Morgan fingerprint density at radius 2 is 2.09 bits per heavy atom. The van der Waals surface area contributed by atoms with Gasteiger partial charge >= 0.3 is 12.2 Å². The predicted molar refractivity (Wildman–Crippen MR) is 75.6 cm³/mol. The number of rotatable bonds is 3. The van der Waals surface area contributed by atoms with Crippen molar-refractivity contribution in [2.75, 3.05) is 0 Å². The summed E-state index contributed by atoms with van der Waals surface area (Å²) in [6.45, 7) is 3.41. The van der Waals surface area contributed by atoms with E-state index in [9.17, 15) is 18.0 Å². The summed E-state index contributed by atoms with van der Waals surface area (Å²) < 4.78 is 44.0. The lowest BCUT2D eigenvalue weighted by Gasteiger charge is -2.09. The van der Waals surface area contributed by atoms with Gasteiger partial charge in [-0.1, -0.05) is 18.5 Å². The number of halogens is 4. The highest BCUT2D eigenvalue weighted by molar-refractivity contribution is 6.31. The average molecular weight is 349 g/mol. The Bertz CT molecular complexity index is 758. The zero-order chi connectivity index (χ0) is 17.4. The molecular weight excluding hydrogens is 337 g/mol. The van der Waals surface area contributed by atoms with Gasteiger partial charge in [0.15, 0.2) is 0 Å². The largest absolute Gasteiger partial charge is 0.417 e. The van der Waals surface area contributed by atoms with Crippen molar-refractivity contribution >= 4 is 17.6 Å². The van der Waals surface area contributed by atoms with Crippen molar-refractivity contribution < 1.29 is 22.7 Å². The number of hydrogen-bond acceptors (Lipinski definition) is 4. The highest BCUT2D eigenvalue weighted by Gasteiger charge is 2.32. The number of aromatic nitrogens is 3. The summed E-state index contributed by atoms with van der Waals surface area (Å²) in [4.78, 5) is 14.8. The first kappa shape index (κ1) is 17.1. The molecular formula is C13H12ClF3N4O2. The summed E-state index contributed by atoms with van der Waals surface area (Å²) in [5, 5.41) is 3.56. The minimum atomic E-state index is -4.56. The number of carbonyl (C=O) groups excluding carboxylic acids is 1. The highest BCUT2D eigenvalue weighted by atomic mass is 35.5. The van der Waals surface area contributed by atoms with E-state index in [2.05, 4.69) is 10.1 Å². The zero-order valence-electron chi connectivity index (χ0n) is 12.1. The van der Waals surface area contributed by atoms with Gasteiger partial charge in [0, 0.05) is 11.8 Å². The second kappa shape index (κ2) is 6.07. The molecule has 0 aliphatic carbocycles. The third-order valence-electron chi connectivity index (χ3n) is 3.09. The first-order chi connectivity index (χ1) is 10.6. The van der Waals surface area contributed by atoms with Crippen molar-refractivity contribution in [3.63, 3.8) is 0 Å². The van der Waals surface area contributed by atoms with Gasteiger partial charge in [0.1, 0.15) is 5.02 Å². The molecule has 2 N–H and O–H groups in total. The van der Waals surface area contributed by atoms with Crippen LogP contribution in [0.3, 0.4) is 0 Å². The summed E-state index contributed by atoms with van der Waals surface area (Å²) in [6, 6.07) is -0.105. The Balaban J connectivity index is 2.40. The van der Waals surface area contributed by atoms with Crippen LogP contribution in [0.5, 0.6) is 11.8 Å². The van der Waals surface area contributed by atoms with Crippen molar-refractivity contribution in [3.8, 4) is 11.8 Å². The molecule has 6 nitrogen and oxygen atoms in total. The standard InChI is InChI=1S/C13H12ClF3N4O2/c1-3-8-6(2)21(12(18)22)20-10(8)23-11-9(14)4-7(5-19-11)13(15,16)17/h4-5H,3H2,1-2H3,(H2,18,22). The van der Waals surface area contributed by atoms with Crippen LogP contribution in [-0.2, 0) is 12.6 Å². The predicted octanol–water partition coefficient (Wildman–Crippen LogP) is 3.54. The number of pyridine rings is 1. The van der Waals surface area contributed by atoms with Crippen molar-refractivity contribution in [1.82, 2.24) is 14.8 Å². The van der Waals surface area contributed by atoms with E-state index < -0.39 is 17.8 Å². The summed E-state index contributed by atoms with van der Waals surface area (Å²) >= 11 is 5.78. The number of ether oxygens (including phenoxy) is 1. The second-order valence-corrected chi connectivity index (χ2v) is 4.99. The molecule has 2 aromatic rings. The maximum Gasteiger partial charge on any atom is 0.417 e. The van der Waals surface area contributed by atoms with E-state index in [-0.39, 0.29) is 16.8 Å². The van der Waals surface area contributed by atoms with E-state index >= 15 is 0 Å². The van der Waals surface area contributed by atoms with Crippen molar-refractivity contribution in [2.45, 2.75) is 26.4 Å². The fraction of sp³-hybridized carbons (Fsp3) is 0.308. The van der Waals surface area contributed by atoms with E-state index in [0.29, 0.717) is 29.9 Å². The molecule has 2 heterocycles. The second-order valence-electron chi connectivity index (χ2n) is 4.58. The molecule has 0 spiro atoms. The van der Waals surface area contributed by atoms with Crippen LogP contribution in [0.25, 0.3) is 0 Å². The SMILES string of the molecule is CCc1c(Oc2ncc(C(F)(F)F)cc2Cl)nn(C(N)=O)c1C. The molecule has 0 aromatic carbocycles. The fourth-order valence-corrected chi connectivity index (χ4v) is 2.16. The summed E-state index contributed by atoms with van der Waals surface area (Å²) in [6.07, 6.45) is -3.49. The van der Waals surface area contributed by atoms with Crippen LogP contribution in [0.4, 0.5) is 18.0 Å². The Morgan fingerprint density at radius 1 is 1.43 bits per heavy atom. The summed E-state index contributed by atoms with van der Waals surface area (Å²) in [5.74, 6) is -0.235. The number of nitrogens with zero attached hydrogens (tertiary/aromatic N) is 3. The van der Waals surface area contributed by atoms with E-state index in [0.717, 1.165) is 4.68 Å². The quantitative estimate of drug-likeness (QED) is 0.919. The monoisotopic (exact) mass is 348 g/mol. The van der Waals surface area contributed by atoms with Crippen LogP contribution in [0.2, 0.25) is 5.02 Å². The van der Waals surface area contributed by atoms with Crippen LogP contribution in [0.1, 0.15) is 23.7 Å². The van der Waals surface area contributed by atoms with Crippen molar-refractivity contribution in [3.05, 3.63) is 34.1 Å². The lowest BCUT2D eigenvalue weighted by atomic mass is 10.2. The molecule has 0 radical (unpaired) electrons. The molecule has 2 rings (SSSR count). The van der Waals surface area contributed by atoms with Gasteiger partial charge in [-0.2, -0.15) is 17.9 Å². The van der Waals surface area contributed by atoms with Crippen LogP contribution < -0.4 is 10.5 Å². The van der Waals surface area contributed by atoms with Gasteiger partial charge < -0.3 is 10.5 Å². The van der Waals surface area contributed by atoms with Gasteiger partial charge in [0.2, 0.25) is 11.8 Å². The maximum atomic E-state index is 12.6. The molecule has 0 unspecified atom stereocenters. The number of carbonyl (C=O) groups is 1. The Hall–Kier alpha value is -2.29. The van der Waals surface area contributed by atoms with Crippen molar-refractivity contribution in [1.29, 1.82) is 0 Å². The smallest absolute Gasteiger partial charge is 0.417 e. The molecule has 23 heavy (non-hydrogen) atoms. The van der Waals surface area contributed by atoms with Crippen LogP contribution in [0.15, 0.2) is 12.3 Å². The Kier molecular flexibility index (Phi) is 4.51. The van der Waals surface area contributed by atoms with E-state index in [1.807, 2.05) is 0 Å². The first-order valence-corrected chi connectivity index (χ1v) is 6.81. The van der Waals surface area contributed by atoms with Crippen LogP contribution in [0, 0.1) is 6.92 Å². The molecule has 10 heteroatoms. The molecule has 124 valence electrons. The van der Waals surface area contributed by atoms with Crippen LogP contribution in [-0.4, -0.2) is 20.8 Å². The third-order valence-corrected chi connectivity index (χ3v) is 3.36. The Morgan fingerprint density at radius 3 is 2.57 bits per heavy atom. The highest BCUT2D eigenvalue weighted by Crippen LogP contribution is 2.35. The number of alkyl halides is 3. The van der Waals surface area contributed by atoms with Gasteiger partial charge in [-0.15, -0.1) is 5.10 Å². The molecule has 2 aromatic heterocycles. The van der Waals surface area contributed by atoms with E-state index in [1.54, 1.807) is 13.8 Å². The van der Waals surface area contributed by atoms with Gasteiger partial charge in [-0.25, -0.2) is 9.78 Å². The molecule has 1 amide bonds. The topological polar surface area (TPSA) is 83.0 Å². The van der Waals surface area contributed by atoms with Gasteiger partial charge in [0.25, 0.3) is 0 Å². The fourth-order valence-electron chi connectivity index (χ4n) is 1.96. The van der Waals surface area contributed by atoms with E-state index in [4.69, 9.17) is 22.1 Å². The number of amides is 1.